The zero-order valence-electron chi connectivity index (χ0n) is 2.90. The van der Waals surface area contributed by atoms with Gasteiger partial charge in [0.2, 0.25) is 0 Å². The van der Waals surface area contributed by atoms with E-state index in [9.17, 15) is 0 Å². The summed E-state index contributed by atoms with van der Waals surface area (Å²) in [6, 6.07) is 0. The molecule has 34 valence electrons. The zero-order valence-corrected chi connectivity index (χ0v) is 5.21. The van der Waals surface area contributed by atoms with Crippen molar-refractivity contribution in [1.29, 1.82) is 0 Å². The molecule has 0 atom stereocenters. The quantitative estimate of drug-likeness (QED) is 0.502. The van der Waals surface area contributed by atoms with Crippen LogP contribution in [0.5, 0.6) is 0 Å². The van der Waals surface area contributed by atoms with Crippen LogP contribution < -0.4 is 0 Å². The van der Waals surface area contributed by atoms with Gasteiger partial charge in [-0.15, -0.1) is 0 Å². The van der Waals surface area contributed by atoms with Crippen molar-refractivity contribution in [1.82, 2.24) is 0 Å². The number of rotatable bonds is 0. The molecule has 0 aromatic rings. The van der Waals surface area contributed by atoms with Gasteiger partial charge in [-0.2, -0.15) is 0 Å². The molecule has 0 aromatic heterocycles. The van der Waals surface area contributed by atoms with Crippen LogP contribution >= 0.6 is 11.6 Å². The Balaban J connectivity index is 0. The van der Waals surface area contributed by atoms with E-state index in [-0.39, 0.29) is 20.4 Å². The molecular weight excluding hydrogens is 178 g/mol. The molecule has 0 radical (unpaired) electrons. The summed E-state index contributed by atoms with van der Waals surface area (Å²) in [4.78, 5) is 0. The van der Waals surface area contributed by atoms with Gasteiger partial charge in [-0.05, 0) is 6.92 Å². The van der Waals surface area contributed by atoms with Crippen molar-refractivity contribution in [2.45, 2.75) is 6.92 Å². The predicted molar refractivity (Wildman–Crippen MR) is 20.7 cm³/mol. The topological polar surface area (TPSA) is 0 Å². The third-order valence-electron chi connectivity index (χ3n) is 0. The van der Waals surface area contributed by atoms with Gasteiger partial charge in [-0.1, -0.05) is 18.2 Å². The molecule has 0 aliphatic carbocycles. The van der Waals surface area contributed by atoms with Crippen molar-refractivity contribution in [3.05, 3.63) is 11.6 Å². The van der Waals surface area contributed by atoms with Crippen molar-refractivity contribution < 1.29 is 20.4 Å². The van der Waals surface area contributed by atoms with E-state index in [1.54, 1.807) is 6.92 Å². The summed E-state index contributed by atoms with van der Waals surface area (Å²) >= 11 is 5.08. The molecule has 0 rings (SSSR count). The van der Waals surface area contributed by atoms with Crippen LogP contribution in [0.2, 0.25) is 0 Å². The Morgan fingerprint density at radius 2 is 1.80 bits per heavy atom. The maximum atomic E-state index is 5.08. The first-order chi connectivity index (χ1) is 1.73. The Labute approximate surface area is 50.9 Å². The monoisotopic (exact) mass is 182 g/mol. The second-order valence-electron chi connectivity index (χ2n) is 0.676. The second-order valence-corrected chi connectivity index (χ2v) is 1.32. The molecule has 2 heteroatoms. The van der Waals surface area contributed by atoms with Crippen molar-refractivity contribution in [2.75, 3.05) is 0 Å². The minimum atomic E-state index is 0. The van der Waals surface area contributed by atoms with E-state index < -0.39 is 0 Å². The number of allylic oxidation sites excluding steroid dienone is 1. The molecule has 0 amide bonds. The molecule has 0 spiro atoms. The van der Waals surface area contributed by atoms with Gasteiger partial charge >= 0.3 is 0 Å². The Morgan fingerprint density at radius 1 is 1.80 bits per heavy atom. The fourth-order valence-corrected chi connectivity index (χ4v) is 0. The van der Waals surface area contributed by atoms with E-state index in [1.807, 2.05) is 0 Å². The van der Waals surface area contributed by atoms with Crippen LogP contribution in [0.3, 0.4) is 0 Å². The standard InChI is InChI=1S/C3H5Cl.Pd/c1-3(2)4;/h1H2,2H3;. The van der Waals surface area contributed by atoms with Gasteiger partial charge in [0.1, 0.15) is 0 Å². The SMILES string of the molecule is C=C(C)Cl.[Pd]. The van der Waals surface area contributed by atoms with Gasteiger partial charge in [-0.3, -0.25) is 0 Å². The van der Waals surface area contributed by atoms with E-state index in [0.717, 1.165) is 0 Å². The number of halogens is 1. The Hall–Kier alpha value is 0.692. The fraction of sp³-hybridized carbons (Fsp3) is 0.333. The summed E-state index contributed by atoms with van der Waals surface area (Å²) in [5.74, 6) is 0. The molecule has 0 bridgehead atoms. The van der Waals surface area contributed by atoms with Crippen molar-refractivity contribution in [2.24, 2.45) is 0 Å². The number of hydrogen-bond donors (Lipinski definition) is 0. The smallest absolute Gasteiger partial charge is 0.00778 e. The molecule has 0 nitrogen and oxygen atoms in total. The van der Waals surface area contributed by atoms with Crippen molar-refractivity contribution in [3.63, 3.8) is 0 Å². The van der Waals surface area contributed by atoms with Gasteiger partial charge in [-0.25, -0.2) is 0 Å². The van der Waals surface area contributed by atoms with Gasteiger partial charge in [0.15, 0.2) is 0 Å². The zero-order chi connectivity index (χ0) is 3.58. The molecule has 0 aromatic carbocycles. The van der Waals surface area contributed by atoms with Crippen molar-refractivity contribution in [3.8, 4) is 0 Å². The molecule has 0 saturated heterocycles. The van der Waals surface area contributed by atoms with Crippen LogP contribution in [0.4, 0.5) is 0 Å². The van der Waals surface area contributed by atoms with Crippen LogP contribution in [-0.2, 0) is 20.4 Å². The molecule has 0 aliphatic heterocycles. The van der Waals surface area contributed by atoms with Gasteiger partial charge < -0.3 is 0 Å². The largest absolute Gasteiger partial charge is 0.0901 e. The summed E-state index contributed by atoms with van der Waals surface area (Å²) in [5, 5.41) is 0.639. The normalized spacial score (nSPS) is 5.20. The van der Waals surface area contributed by atoms with E-state index >= 15 is 0 Å². The van der Waals surface area contributed by atoms with Crippen LogP contribution in [0.25, 0.3) is 0 Å². The van der Waals surface area contributed by atoms with E-state index in [4.69, 9.17) is 11.6 Å². The van der Waals surface area contributed by atoms with Gasteiger partial charge in [0.05, 0.1) is 0 Å². The second kappa shape index (κ2) is 4.69. The van der Waals surface area contributed by atoms with Crippen LogP contribution in [0.15, 0.2) is 11.6 Å². The first kappa shape index (κ1) is 9.19. The number of hydrogen-bond acceptors (Lipinski definition) is 0. The molecule has 0 heterocycles. The first-order valence-electron chi connectivity index (χ1n) is 1.04. The third kappa shape index (κ3) is 71.0. The Kier molecular flexibility index (Phi) is 8.63. The molecule has 5 heavy (non-hydrogen) atoms. The fourth-order valence-electron chi connectivity index (χ4n) is 0. The van der Waals surface area contributed by atoms with E-state index in [2.05, 4.69) is 6.58 Å². The van der Waals surface area contributed by atoms with Crippen LogP contribution in [0.1, 0.15) is 6.92 Å². The average molecular weight is 183 g/mol. The Morgan fingerprint density at radius 3 is 1.80 bits per heavy atom. The minimum absolute atomic E-state index is 0. The Bertz CT molecular complexity index is 29.9. The first-order valence-corrected chi connectivity index (χ1v) is 1.42. The summed E-state index contributed by atoms with van der Waals surface area (Å²) in [6.07, 6.45) is 0. The minimum Gasteiger partial charge on any atom is -0.0901 e. The molecular formula is C3H5ClPd. The summed E-state index contributed by atoms with van der Waals surface area (Å²) in [6.45, 7) is 5.06. The summed E-state index contributed by atoms with van der Waals surface area (Å²) in [7, 11) is 0. The predicted octanol–water partition coefficient (Wildman–Crippen LogP) is 1.76. The van der Waals surface area contributed by atoms with Gasteiger partial charge in [0.25, 0.3) is 0 Å². The average Bonchev–Trinajstić information content (AvgIpc) is 0.811. The van der Waals surface area contributed by atoms with Crippen LogP contribution in [-0.4, -0.2) is 0 Å². The maximum absolute atomic E-state index is 5.08. The maximum Gasteiger partial charge on any atom is 0.00778 e. The summed E-state index contributed by atoms with van der Waals surface area (Å²) < 4.78 is 0. The molecule has 0 aliphatic rings. The molecule has 0 N–H and O–H groups in total. The van der Waals surface area contributed by atoms with E-state index in [0.29, 0.717) is 5.03 Å². The third-order valence-corrected chi connectivity index (χ3v) is 0. The summed E-state index contributed by atoms with van der Waals surface area (Å²) in [5.41, 5.74) is 0. The molecule has 0 fully saturated rings. The van der Waals surface area contributed by atoms with Crippen molar-refractivity contribution >= 4 is 11.6 Å². The molecule has 0 unspecified atom stereocenters. The van der Waals surface area contributed by atoms with Crippen LogP contribution in [0, 0.1) is 0 Å². The van der Waals surface area contributed by atoms with Gasteiger partial charge in [0, 0.05) is 25.5 Å². The van der Waals surface area contributed by atoms with E-state index in [1.165, 1.54) is 0 Å². The molecule has 0 saturated carbocycles.